The molecule has 1 aliphatic rings. The molecule has 0 radical (unpaired) electrons. The Morgan fingerprint density at radius 1 is 1.30 bits per heavy atom. The lowest BCUT2D eigenvalue weighted by Gasteiger charge is -2.32. The number of carboxylic acid groups (broad SMARTS) is 1. The van der Waals surface area contributed by atoms with E-state index in [9.17, 15) is 9.59 Å². The summed E-state index contributed by atoms with van der Waals surface area (Å²) in [5.41, 5.74) is 1.11. The number of carboxylic acids is 1. The van der Waals surface area contributed by atoms with Crippen LogP contribution >= 0.6 is 12.4 Å². The zero-order valence-electron chi connectivity index (χ0n) is 13.5. The summed E-state index contributed by atoms with van der Waals surface area (Å²) in [7, 11) is 0. The van der Waals surface area contributed by atoms with Crippen LogP contribution in [-0.4, -0.2) is 53.0 Å². The van der Waals surface area contributed by atoms with Crippen LogP contribution in [0.2, 0.25) is 0 Å². The smallest absolute Gasteiger partial charge is 0.307 e. The van der Waals surface area contributed by atoms with Gasteiger partial charge in [0.1, 0.15) is 0 Å². The van der Waals surface area contributed by atoms with Gasteiger partial charge < -0.3 is 10.0 Å². The van der Waals surface area contributed by atoms with E-state index in [0.717, 1.165) is 18.5 Å². The van der Waals surface area contributed by atoms with E-state index in [2.05, 4.69) is 0 Å². The first-order valence-corrected chi connectivity index (χ1v) is 7.87. The molecule has 5 nitrogen and oxygen atoms in total. The van der Waals surface area contributed by atoms with Gasteiger partial charge in [-0.3, -0.25) is 14.5 Å². The van der Waals surface area contributed by atoms with Gasteiger partial charge in [0.15, 0.2) is 0 Å². The molecule has 0 spiro atoms. The van der Waals surface area contributed by atoms with Gasteiger partial charge in [-0.25, -0.2) is 0 Å². The number of likely N-dealkylation sites (N-methyl/N-ethyl adjacent to an activating group) is 1. The Hall–Kier alpha value is -1.59. The molecule has 2 rings (SSSR count). The van der Waals surface area contributed by atoms with Crippen LogP contribution in [0.5, 0.6) is 0 Å². The number of hydrogen-bond acceptors (Lipinski definition) is 3. The van der Waals surface area contributed by atoms with Crippen LogP contribution in [-0.2, 0) is 16.1 Å². The summed E-state index contributed by atoms with van der Waals surface area (Å²) in [6.45, 7) is 4.82. The van der Waals surface area contributed by atoms with E-state index in [1.807, 2.05) is 47.1 Å². The van der Waals surface area contributed by atoms with Gasteiger partial charge in [-0.05, 0) is 31.9 Å². The van der Waals surface area contributed by atoms with Crippen LogP contribution < -0.4 is 0 Å². The van der Waals surface area contributed by atoms with E-state index in [0.29, 0.717) is 32.6 Å². The van der Waals surface area contributed by atoms with E-state index in [1.165, 1.54) is 0 Å². The largest absolute Gasteiger partial charge is 0.481 e. The summed E-state index contributed by atoms with van der Waals surface area (Å²) in [4.78, 5) is 27.3. The number of benzene rings is 1. The fourth-order valence-electron chi connectivity index (χ4n) is 2.87. The van der Waals surface area contributed by atoms with Gasteiger partial charge in [-0.2, -0.15) is 0 Å². The molecule has 1 amide bonds. The third-order valence-corrected chi connectivity index (χ3v) is 4.16. The molecule has 1 aliphatic heterocycles. The first kappa shape index (κ1) is 19.5. The second kappa shape index (κ2) is 9.53. The number of rotatable bonds is 6. The molecule has 23 heavy (non-hydrogen) atoms. The minimum absolute atomic E-state index is 0. The number of hydrogen-bond donors (Lipinski definition) is 1. The number of carbonyl (C=O) groups is 2. The second-order valence-corrected chi connectivity index (χ2v) is 5.81. The Morgan fingerprint density at radius 3 is 2.61 bits per heavy atom. The highest BCUT2D eigenvalue weighted by atomic mass is 35.5. The maximum Gasteiger partial charge on any atom is 0.307 e. The molecule has 1 saturated heterocycles. The Labute approximate surface area is 143 Å². The fourth-order valence-corrected chi connectivity index (χ4v) is 2.87. The van der Waals surface area contributed by atoms with E-state index < -0.39 is 5.97 Å². The Kier molecular flexibility index (Phi) is 8.06. The summed E-state index contributed by atoms with van der Waals surface area (Å²) in [5, 5.41) is 9.12. The van der Waals surface area contributed by atoms with Crippen molar-refractivity contribution < 1.29 is 14.7 Å². The van der Waals surface area contributed by atoms with Crippen LogP contribution in [0.3, 0.4) is 0 Å². The predicted octanol–water partition coefficient (Wildman–Crippen LogP) is 2.25. The number of nitrogens with zero attached hydrogens (tertiary/aromatic N) is 2. The van der Waals surface area contributed by atoms with Crippen LogP contribution in [0.25, 0.3) is 0 Å². The highest BCUT2D eigenvalue weighted by molar-refractivity contribution is 5.85. The van der Waals surface area contributed by atoms with Gasteiger partial charge in [0.05, 0.1) is 12.5 Å². The number of aliphatic carboxylic acids is 1. The maximum atomic E-state index is 12.5. The molecule has 1 N–H and O–H groups in total. The molecule has 1 aromatic carbocycles. The van der Waals surface area contributed by atoms with E-state index in [1.54, 1.807) is 0 Å². The first-order chi connectivity index (χ1) is 10.6. The lowest BCUT2D eigenvalue weighted by molar-refractivity contribution is -0.145. The minimum Gasteiger partial charge on any atom is -0.481 e. The van der Waals surface area contributed by atoms with Crippen molar-refractivity contribution in [1.29, 1.82) is 0 Å². The third kappa shape index (κ3) is 5.84. The number of halogens is 1. The van der Waals surface area contributed by atoms with Crippen molar-refractivity contribution in [2.75, 3.05) is 26.2 Å². The molecule has 1 heterocycles. The standard InChI is InChI=1S/C17H24N2O3.ClH/c1-2-19(11-14-7-4-3-5-8-14)16(20)13-18-10-6-9-15(12-18)17(21)22;/h3-5,7-8,15H,2,6,9-13H2,1H3,(H,21,22);1H. The fraction of sp³-hybridized carbons (Fsp3) is 0.529. The second-order valence-electron chi connectivity index (χ2n) is 5.81. The SMILES string of the molecule is CCN(Cc1ccccc1)C(=O)CN1CCCC(C(=O)O)C1.Cl. The van der Waals surface area contributed by atoms with Gasteiger partial charge >= 0.3 is 5.97 Å². The lowest BCUT2D eigenvalue weighted by Crippen LogP contribution is -2.45. The molecule has 128 valence electrons. The van der Waals surface area contributed by atoms with Crippen LogP contribution in [0.15, 0.2) is 30.3 Å². The molecule has 0 aliphatic carbocycles. The van der Waals surface area contributed by atoms with Crippen LogP contribution in [0.4, 0.5) is 0 Å². The number of piperidine rings is 1. The number of amides is 1. The molecule has 6 heteroatoms. The quantitative estimate of drug-likeness (QED) is 0.862. The highest BCUT2D eigenvalue weighted by Gasteiger charge is 2.27. The van der Waals surface area contributed by atoms with Crippen LogP contribution in [0, 0.1) is 5.92 Å². The molecular formula is C17H25ClN2O3. The molecule has 0 saturated carbocycles. The monoisotopic (exact) mass is 340 g/mol. The van der Waals surface area contributed by atoms with Gasteiger partial charge in [0.2, 0.25) is 5.91 Å². The van der Waals surface area contributed by atoms with E-state index in [-0.39, 0.29) is 24.2 Å². The highest BCUT2D eigenvalue weighted by Crippen LogP contribution is 2.16. The Balaban J connectivity index is 0.00000264. The summed E-state index contributed by atoms with van der Waals surface area (Å²) in [6, 6.07) is 9.92. The minimum atomic E-state index is -0.756. The molecular weight excluding hydrogens is 316 g/mol. The zero-order valence-corrected chi connectivity index (χ0v) is 14.3. The van der Waals surface area contributed by atoms with Crippen molar-refractivity contribution in [2.45, 2.75) is 26.3 Å². The topological polar surface area (TPSA) is 60.9 Å². The van der Waals surface area contributed by atoms with Crippen molar-refractivity contribution in [1.82, 2.24) is 9.80 Å². The summed E-state index contributed by atoms with van der Waals surface area (Å²) in [6.07, 6.45) is 1.55. The third-order valence-electron chi connectivity index (χ3n) is 4.16. The van der Waals surface area contributed by atoms with Crippen molar-refractivity contribution in [3.63, 3.8) is 0 Å². The maximum absolute atomic E-state index is 12.5. The molecule has 1 aromatic rings. The van der Waals surface area contributed by atoms with Crippen LogP contribution in [0.1, 0.15) is 25.3 Å². The van der Waals surface area contributed by atoms with Crippen molar-refractivity contribution in [2.24, 2.45) is 5.92 Å². The van der Waals surface area contributed by atoms with Gasteiger partial charge in [-0.1, -0.05) is 30.3 Å². The molecule has 1 atom stereocenters. The van der Waals surface area contributed by atoms with E-state index >= 15 is 0 Å². The number of carbonyl (C=O) groups excluding carboxylic acids is 1. The molecule has 0 aromatic heterocycles. The molecule has 1 fully saturated rings. The molecule has 0 bridgehead atoms. The lowest BCUT2D eigenvalue weighted by atomic mass is 9.98. The predicted molar refractivity (Wildman–Crippen MR) is 91.6 cm³/mol. The molecule has 1 unspecified atom stereocenters. The van der Waals surface area contributed by atoms with E-state index in [4.69, 9.17) is 5.11 Å². The Bertz CT molecular complexity index is 510. The summed E-state index contributed by atoms with van der Waals surface area (Å²) >= 11 is 0. The average Bonchev–Trinajstić information content (AvgIpc) is 2.53. The normalized spacial score (nSPS) is 18.0. The Morgan fingerprint density at radius 2 is 2.00 bits per heavy atom. The van der Waals surface area contributed by atoms with Gasteiger partial charge in [-0.15, -0.1) is 12.4 Å². The number of likely N-dealkylation sites (tertiary alicyclic amines) is 1. The van der Waals surface area contributed by atoms with Crippen molar-refractivity contribution in [3.8, 4) is 0 Å². The zero-order chi connectivity index (χ0) is 15.9. The van der Waals surface area contributed by atoms with Gasteiger partial charge in [0.25, 0.3) is 0 Å². The average molecular weight is 341 g/mol. The summed E-state index contributed by atoms with van der Waals surface area (Å²) < 4.78 is 0. The van der Waals surface area contributed by atoms with Crippen molar-refractivity contribution >= 4 is 24.3 Å². The van der Waals surface area contributed by atoms with Gasteiger partial charge in [0, 0.05) is 19.6 Å². The summed E-state index contributed by atoms with van der Waals surface area (Å²) in [5.74, 6) is -1.03. The van der Waals surface area contributed by atoms with Crippen molar-refractivity contribution in [3.05, 3.63) is 35.9 Å². The first-order valence-electron chi connectivity index (χ1n) is 7.87.